The number of rotatable bonds is 7. The van der Waals surface area contributed by atoms with Gasteiger partial charge in [-0.2, -0.15) is 4.98 Å². The zero-order chi connectivity index (χ0) is 25.8. The SMILES string of the molecule is Cc1nc2cc(Cl)c(-c3cc4cnc(S(C)(=O)=O)nc4n4cnnc34)cc2n1COCC[Si](C)(C)C. The highest BCUT2D eigenvalue weighted by atomic mass is 35.5. The average molecular weight is 544 g/mol. The highest BCUT2D eigenvalue weighted by Gasteiger charge is 2.20. The van der Waals surface area contributed by atoms with E-state index in [0.29, 0.717) is 40.6 Å². The summed E-state index contributed by atoms with van der Waals surface area (Å²) in [6.45, 7) is 10.0. The molecule has 0 spiro atoms. The number of sulfone groups is 1. The van der Waals surface area contributed by atoms with E-state index in [4.69, 9.17) is 16.3 Å². The van der Waals surface area contributed by atoms with E-state index in [1.54, 1.807) is 4.40 Å². The molecule has 0 aliphatic heterocycles. The molecule has 13 heteroatoms. The molecule has 188 valence electrons. The van der Waals surface area contributed by atoms with Gasteiger partial charge in [-0.05, 0) is 31.2 Å². The number of fused-ring (bicyclic) bond motifs is 4. The first kappa shape index (κ1) is 24.7. The fraction of sp³-hybridized carbons (Fsp3) is 0.348. The van der Waals surface area contributed by atoms with E-state index in [1.807, 2.05) is 29.7 Å². The molecule has 0 fully saturated rings. The Morgan fingerprint density at radius 1 is 1.08 bits per heavy atom. The molecule has 0 N–H and O–H groups in total. The molecule has 0 atom stereocenters. The summed E-state index contributed by atoms with van der Waals surface area (Å²) in [7, 11) is -4.77. The summed E-state index contributed by atoms with van der Waals surface area (Å²) < 4.78 is 33.7. The summed E-state index contributed by atoms with van der Waals surface area (Å²) in [5.74, 6) is 0.832. The Labute approximate surface area is 214 Å². The van der Waals surface area contributed by atoms with Gasteiger partial charge in [0.1, 0.15) is 18.9 Å². The van der Waals surface area contributed by atoms with Crippen molar-refractivity contribution >= 4 is 57.2 Å². The fourth-order valence-electron chi connectivity index (χ4n) is 4.00. The maximum absolute atomic E-state index is 12.0. The maximum atomic E-state index is 12.0. The van der Waals surface area contributed by atoms with Crippen LogP contribution in [0.3, 0.4) is 0 Å². The smallest absolute Gasteiger partial charge is 0.248 e. The minimum Gasteiger partial charge on any atom is -0.361 e. The van der Waals surface area contributed by atoms with Gasteiger partial charge < -0.3 is 9.30 Å². The second-order valence-electron chi connectivity index (χ2n) is 10.0. The van der Waals surface area contributed by atoms with Crippen LogP contribution in [0, 0.1) is 6.92 Å². The van der Waals surface area contributed by atoms with Gasteiger partial charge in [-0.1, -0.05) is 31.2 Å². The van der Waals surface area contributed by atoms with Crippen LogP contribution in [0.5, 0.6) is 0 Å². The summed E-state index contributed by atoms with van der Waals surface area (Å²) in [6.07, 6.45) is 4.04. The first-order chi connectivity index (χ1) is 16.9. The molecule has 1 aromatic carbocycles. The molecule has 10 nitrogen and oxygen atoms in total. The zero-order valence-electron chi connectivity index (χ0n) is 20.6. The number of ether oxygens (including phenoxy) is 1. The van der Waals surface area contributed by atoms with Crippen molar-refractivity contribution in [2.45, 2.75) is 44.5 Å². The molecule has 0 aliphatic carbocycles. The van der Waals surface area contributed by atoms with Crippen molar-refractivity contribution in [3.63, 3.8) is 0 Å². The summed E-state index contributed by atoms with van der Waals surface area (Å²) in [5.41, 5.74) is 4.00. The number of hydrogen-bond acceptors (Lipinski definition) is 8. The van der Waals surface area contributed by atoms with Gasteiger partial charge >= 0.3 is 0 Å². The Kier molecular flexibility index (Phi) is 6.10. The molecular weight excluding hydrogens is 518 g/mol. The second kappa shape index (κ2) is 8.87. The molecule has 4 aromatic heterocycles. The van der Waals surface area contributed by atoms with Crippen LogP contribution in [0.2, 0.25) is 30.7 Å². The van der Waals surface area contributed by atoms with E-state index in [1.165, 1.54) is 12.5 Å². The van der Waals surface area contributed by atoms with Crippen LogP contribution >= 0.6 is 11.6 Å². The molecule has 4 heterocycles. The Bertz CT molecular complexity index is 1740. The normalized spacial score (nSPS) is 12.8. The third-order valence-electron chi connectivity index (χ3n) is 5.96. The van der Waals surface area contributed by atoms with Gasteiger partial charge in [-0.3, -0.25) is 4.40 Å². The number of nitrogens with zero attached hydrogens (tertiary/aromatic N) is 7. The minimum atomic E-state index is -3.58. The molecule has 0 aliphatic rings. The Morgan fingerprint density at radius 3 is 2.58 bits per heavy atom. The Morgan fingerprint density at radius 2 is 1.86 bits per heavy atom. The van der Waals surface area contributed by atoms with Gasteiger partial charge in [-0.25, -0.2) is 18.4 Å². The third-order valence-corrected chi connectivity index (χ3v) is 8.83. The van der Waals surface area contributed by atoms with Gasteiger partial charge in [-0.15, -0.1) is 10.2 Å². The summed E-state index contributed by atoms with van der Waals surface area (Å²) >= 11 is 6.74. The molecule has 0 saturated carbocycles. The van der Waals surface area contributed by atoms with Crippen molar-refractivity contribution in [3.05, 3.63) is 41.6 Å². The van der Waals surface area contributed by atoms with E-state index < -0.39 is 17.9 Å². The van der Waals surface area contributed by atoms with Crippen LogP contribution in [0.4, 0.5) is 0 Å². The number of halogens is 1. The lowest BCUT2D eigenvalue weighted by Gasteiger charge is -2.16. The number of hydrogen-bond donors (Lipinski definition) is 0. The average Bonchev–Trinajstić information content (AvgIpc) is 3.38. The van der Waals surface area contributed by atoms with Crippen molar-refractivity contribution in [3.8, 4) is 11.1 Å². The monoisotopic (exact) mass is 543 g/mol. The molecule has 5 aromatic rings. The van der Waals surface area contributed by atoms with Crippen molar-refractivity contribution in [1.29, 1.82) is 0 Å². The molecule has 36 heavy (non-hydrogen) atoms. The number of pyridine rings is 1. The second-order valence-corrected chi connectivity index (χ2v) is 18.0. The largest absolute Gasteiger partial charge is 0.361 e. The molecule has 0 saturated heterocycles. The minimum absolute atomic E-state index is 0.259. The lowest BCUT2D eigenvalue weighted by atomic mass is 10.0. The van der Waals surface area contributed by atoms with Crippen LogP contribution in [0.25, 0.3) is 38.8 Å². The van der Waals surface area contributed by atoms with Crippen LogP contribution < -0.4 is 0 Å². The highest BCUT2D eigenvalue weighted by molar-refractivity contribution is 7.90. The van der Waals surface area contributed by atoms with Crippen molar-refractivity contribution in [2.24, 2.45) is 0 Å². The molecule has 0 unspecified atom stereocenters. The van der Waals surface area contributed by atoms with Crippen LogP contribution in [-0.2, 0) is 21.3 Å². The predicted molar refractivity (Wildman–Crippen MR) is 142 cm³/mol. The number of benzene rings is 1. The molecule has 5 rings (SSSR count). The standard InChI is InChI=1S/C23H26ClN7O3SSi/c1-14-27-19-10-18(24)16(9-20(19)31(14)13-34-6-7-36(3,4)5)17-8-15-11-25-23(35(2,32)33)28-21(15)30-12-26-29-22(17)30/h8-12H,6-7,13H2,1-5H3. The van der Waals surface area contributed by atoms with Crippen molar-refractivity contribution in [1.82, 2.24) is 34.1 Å². The van der Waals surface area contributed by atoms with Gasteiger partial charge in [0.2, 0.25) is 15.0 Å². The van der Waals surface area contributed by atoms with Crippen LogP contribution in [-0.4, -0.2) is 63.5 Å². The lowest BCUT2D eigenvalue weighted by Crippen LogP contribution is -2.22. The maximum Gasteiger partial charge on any atom is 0.248 e. The quantitative estimate of drug-likeness (QED) is 0.169. The predicted octanol–water partition coefficient (Wildman–Crippen LogP) is 4.37. The van der Waals surface area contributed by atoms with Crippen LogP contribution in [0.1, 0.15) is 5.82 Å². The van der Waals surface area contributed by atoms with E-state index in [9.17, 15) is 8.42 Å². The first-order valence-corrected chi connectivity index (χ1v) is 17.3. The number of imidazole rings is 1. The van der Waals surface area contributed by atoms with Gasteiger partial charge in [0.25, 0.3) is 0 Å². The third kappa shape index (κ3) is 4.61. The number of aryl methyl sites for hydroxylation is 1. The van der Waals surface area contributed by atoms with E-state index >= 15 is 0 Å². The molecular formula is C23H26ClN7O3SSi. The molecule has 0 amide bonds. The van der Waals surface area contributed by atoms with Crippen LogP contribution in [0.15, 0.2) is 35.9 Å². The number of aromatic nitrogens is 7. The van der Waals surface area contributed by atoms with E-state index in [2.05, 4.69) is 44.8 Å². The molecule has 0 radical (unpaired) electrons. The summed E-state index contributed by atoms with van der Waals surface area (Å²) in [6, 6.07) is 6.73. The zero-order valence-corrected chi connectivity index (χ0v) is 23.2. The Hall–Kier alpha value is -2.93. The van der Waals surface area contributed by atoms with Gasteiger partial charge in [0.15, 0.2) is 11.3 Å². The van der Waals surface area contributed by atoms with Gasteiger partial charge in [0, 0.05) is 43.6 Å². The lowest BCUT2D eigenvalue weighted by molar-refractivity contribution is 0.0885. The van der Waals surface area contributed by atoms with E-state index in [-0.39, 0.29) is 5.16 Å². The highest BCUT2D eigenvalue weighted by Crippen LogP contribution is 2.36. The van der Waals surface area contributed by atoms with Crippen molar-refractivity contribution < 1.29 is 13.2 Å². The van der Waals surface area contributed by atoms with Gasteiger partial charge in [0.05, 0.1) is 16.1 Å². The summed E-state index contributed by atoms with van der Waals surface area (Å²) in [4.78, 5) is 13.0. The fourth-order valence-corrected chi connectivity index (χ4v) is 5.51. The molecule has 0 bridgehead atoms. The summed E-state index contributed by atoms with van der Waals surface area (Å²) in [5, 5.41) is 9.18. The Balaban J connectivity index is 1.63. The topological polar surface area (TPSA) is 117 Å². The van der Waals surface area contributed by atoms with E-state index in [0.717, 1.165) is 34.7 Å². The van der Waals surface area contributed by atoms with Crippen molar-refractivity contribution in [2.75, 3.05) is 12.9 Å². The first-order valence-electron chi connectivity index (χ1n) is 11.4.